The molecule has 162 valence electrons. The number of carbonyl (C=O) groups is 2. The highest BCUT2D eigenvalue weighted by atomic mass is 19.4. The summed E-state index contributed by atoms with van der Waals surface area (Å²) in [6, 6.07) is 8.34. The van der Waals surface area contributed by atoms with Crippen molar-refractivity contribution in [2.75, 3.05) is 27.2 Å². The van der Waals surface area contributed by atoms with Crippen LogP contribution >= 0.6 is 0 Å². The van der Waals surface area contributed by atoms with Gasteiger partial charge in [-0.3, -0.25) is 9.69 Å². The predicted molar refractivity (Wildman–Crippen MR) is 101 cm³/mol. The number of amides is 1. The number of halogens is 3. The third kappa shape index (κ3) is 6.09. The molecule has 6 nitrogen and oxygen atoms in total. The van der Waals surface area contributed by atoms with Crippen LogP contribution in [0.25, 0.3) is 0 Å². The van der Waals surface area contributed by atoms with Crippen molar-refractivity contribution in [3.05, 3.63) is 29.8 Å². The van der Waals surface area contributed by atoms with Crippen LogP contribution in [0.2, 0.25) is 0 Å². The first kappa shape index (κ1) is 23.0. The Morgan fingerprint density at radius 1 is 1.17 bits per heavy atom. The quantitative estimate of drug-likeness (QED) is 0.819. The van der Waals surface area contributed by atoms with E-state index in [1.165, 1.54) is 12.0 Å². The number of carboxylic acid groups (broad SMARTS) is 1. The number of rotatable bonds is 3. The lowest BCUT2D eigenvalue weighted by molar-refractivity contribution is -0.192. The van der Waals surface area contributed by atoms with E-state index in [2.05, 4.69) is 17.0 Å². The summed E-state index contributed by atoms with van der Waals surface area (Å²) in [7, 11) is 3.69. The zero-order chi connectivity index (χ0) is 21.7. The summed E-state index contributed by atoms with van der Waals surface area (Å²) in [6.45, 7) is 3.18. The maximum Gasteiger partial charge on any atom is 0.490 e. The van der Waals surface area contributed by atoms with Gasteiger partial charge in [-0.2, -0.15) is 13.2 Å². The first-order valence-electron chi connectivity index (χ1n) is 9.49. The lowest BCUT2D eigenvalue weighted by Crippen LogP contribution is -2.43. The molecule has 2 saturated heterocycles. The molecule has 0 aromatic heterocycles. The molecule has 3 rings (SSSR count). The third-order valence-electron chi connectivity index (χ3n) is 5.71. The summed E-state index contributed by atoms with van der Waals surface area (Å²) in [4.78, 5) is 25.3. The van der Waals surface area contributed by atoms with Crippen LogP contribution in [-0.2, 0) is 16.1 Å². The van der Waals surface area contributed by atoms with E-state index in [0.29, 0.717) is 5.91 Å². The zero-order valence-corrected chi connectivity index (χ0v) is 16.7. The Hall–Kier alpha value is -2.29. The summed E-state index contributed by atoms with van der Waals surface area (Å²) in [5.74, 6) is -1.53. The summed E-state index contributed by atoms with van der Waals surface area (Å²) in [5, 5.41) is 7.12. The van der Waals surface area contributed by atoms with Gasteiger partial charge in [-0.25, -0.2) is 4.79 Å². The standard InChI is InChI=1S/C18H26N2O2.C2HF3O2/c1-19-17(21)8-10-18(19)9-3-12-20(13-11-18)14-15-4-6-16(22-2)7-5-15;3-2(4,5)1(6)7/h4-7H,3,8-14H2,1-2H3;(H,6,7). The predicted octanol–water partition coefficient (Wildman–Crippen LogP) is 3.31. The van der Waals surface area contributed by atoms with Crippen LogP contribution in [-0.4, -0.2) is 65.7 Å². The number of carboxylic acids is 1. The number of ether oxygens (including phenoxy) is 1. The molecule has 2 aliphatic rings. The maximum atomic E-state index is 11.9. The number of nitrogens with zero attached hydrogens (tertiary/aromatic N) is 2. The van der Waals surface area contributed by atoms with Crippen molar-refractivity contribution in [3.8, 4) is 5.75 Å². The molecule has 2 fully saturated rings. The Kier molecular flexibility index (Phi) is 7.51. The van der Waals surface area contributed by atoms with Gasteiger partial charge in [-0.15, -0.1) is 0 Å². The highest BCUT2D eigenvalue weighted by Crippen LogP contribution is 2.38. The molecule has 2 heterocycles. The Bertz CT molecular complexity index is 709. The first-order chi connectivity index (χ1) is 13.6. The number of methoxy groups -OCH3 is 1. The van der Waals surface area contributed by atoms with Crippen LogP contribution in [0.4, 0.5) is 13.2 Å². The molecule has 1 N–H and O–H groups in total. The van der Waals surface area contributed by atoms with Gasteiger partial charge in [0.2, 0.25) is 5.91 Å². The van der Waals surface area contributed by atoms with Gasteiger partial charge in [0.05, 0.1) is 7.11 Å². The first-order valence-corrected chi connectivity index (χ1v) is 9.49. The molecule has 1 aromatic carbocycles. The van der Waals surface area contributed by atoms with Crippen LogP contribution in [0.3, 0.4) is 0 Å². The number of aliphatic carboxylic acids is 1. The summed E-state index contributed by atoms with van der Waals surface area (Å²) in [6.07, 6.45) is 0.112. The average Bonchev–Trinajstić information content (AvgIpc) is 2.84. The third-order valence-corrected chi connectivity index (χ3v) is 5.71. The summed E-state index contributed by atoms with van der Waals surface area (Å²) < 4.78 is 36.9. The number of hydrogen-bond acceptors (Lipinski definition) is 4. The van der Waals surface area contributed by atoms with Crippen molar-refractivity contribution in [1.29, 1.82) is 0 Å². The monoisotopic (exact) mass is 416 g/mol. The smallest absolute Gasteiger partial charge is 0.490 e. The Labute approximate surface area is 168 Å². The second-order valence-electron chi connectivity index (χ2n) is 7.46. The minimum Gasteiger partial charge on any atom is -0.497 e. The molecule has 9 heteroatoms. The van der Waals surface area contributed by atoms with Gasteiger partial charge in [0.15, 0.2) is 0 Å². The fourth-order valence-electron chi connectivity index (χ4n) is 3.91. The fraction of sp³-hybridized carbons (Fsp3) is 0.600. The van der Waals surface area contributed by atoms with Crippen LogP contribution in [0.5, 0.6) is 5.75 Å². The lowest BCUT2D eigenvalue weighted by atomic mass is 9.88. The van der Waals surface area contributed by atoms with Gasteiger partial charge in [-0.05, 0) is 49.9 Å². The molecule has 0 bridgehead atoms. The van der Waals surface area contributed by atoms with Crippen molar-refractivity contribution >= 4 is 11.9 Å². The van der Waals surface area contributed by atoms with Gasteiger partial charge >= 0.3 is 12.1 Å². The van der Waals surface area contributed by atoms with Gasteiger partial charge in [0.25, 0.3) is 0 Å². The van der Waals surface area contributed by atoms with Gasteiger partial charge in [-0.1, -0.05) is 12.1 Å². The normalized spacial score (nSPS) is 22.8. The second-order valence-corrected chi connectivity index (χ2v) is 7.46. The van der Waals surface area contributed by atoms with E-state index in [1.54, 1.807) is 7.11 Å². The molecule has 1 atom stereocenters. The molecule has 0 aliphatic carbocycles. The van der Waals surface area contributed by atoms with Gasteiger partial charge in [0.1, 0.15) is 5.75 Å². The van der Waals surface area contributed by atoms with Crippen LogP contribution in [0, 0.1) is 0 Å². The van der Waals surface area contributed by atoms with Gasteiger partial charge in [0, 0.05) is 32.1 Å². The van der Waals surface area contributed by atoms with E-state index in [9.17, 15) is 18.0 Å². The summed E-state index contributed by atoms with van der Waals surface area (Å²) in [5.41, 5.74) is 1.46. The number of hydrogen-bond donors (Lipinski definition) is 1. The molecule has 1 aromatic rings. The molecule has 0 saturated carbocycles. The number of likely N-dealkylation sites (tertiary alicyclic amines) is 2. The molecular formula is C20H27F3N2O4. The molecule has 1 spiro atoms. The number of alkyl halides is 3. The van der Waals surface area contributed by atoms with Crippen molar-refractivity contribution in [1.82, 2.24) is 9.80 Å². The SMILES string of the molecule is COc1ccc(CN2CCCC3(CCC(=O)N3C)CC2)cc1.O=C(O)C(F)(F)F. The van der Waals surface area contributed by atoms with E-state index < -0.39 is 12.1 Å². The zero-order valence-electron chi connectivity index (χ0n) is 16.7. The van der Waals surface area contributed by atoms with Crippen molar-refractivity contribution < 1.29 is 32.6 Å². The molecule has 1 unspecified atom stereocenters. The number of benzene rings is 1. The van der Waals surface area contributed by atoms with E-state index in [4.69, 9.17) is 14.6 Å². The highest BCUT2D eigenvalue weighted by molar-refractivity contribution is 5.79. The molecule has 2 aliphatic heterocycles. The topological polar surface area (TPSA) is 70.1 Å². The van der Waals surface area contributed by atoms with Crippen LogP contribution in [0.15, 0.2) is 24.3 Å². The summed E-state index contributed by atoms with van der Waals surface area (Å²) >= 11 is 0. The van der Waals surface area contributed by atoms with E-state index in [1.807, 2.05) is 24.1 Å². The van der Waals surface area contributed by atoms with Crippen molar-refractivity contribution in [2.24, 2.45) is 0 Å². The molecule has 1 amide bonds. The Morgan fingerprint density at radius 3 is 2.28 bits per heavy atom. The molecule has 0 radical (unpaired) electrons. The van der Waals surface area contributed by atoms with Crippen molar-refractivity contribution in [3.63, 3.8) is 0 Å². The Morgan fingerprint density at radius 2 is 1.79 bits per heavy atom. The van der Waals surface area contributed by atoms with E-state index in [0.717, 1.165) is 51.1 Å². The van der Waals surface area contributed by atoms with Crippen molar-refractivity contribution in [2.45, 2.75) is 50.4 Å². The Balaban J connectivity index is 0.000000370. The van der Waals surface area contributed by atoms with Crippen LogP contribution < -0.4 is 4.74 Å². The second kappa shape index (κ2) is 9.47. The molecular weight excluding hydrogens is 389 g/mol. The van der Waals surface area contributed by atoms with Crippen LogP contribution in [0.1, 0.15) is 37.7 Å². The average molecular weight is 416 g/mol. The minimum atomic E-state index is -5.08. The largest absolute Gasteiger partial charge is 0.497 e. The van der Waals surface area contributed by atoms with E-state index >= 15 is 0 Å². The van der Waals surface area contributed by atoms with Gasteiger partial charge < -0.3 is 14.7 Å². The molecule has 29 heavy (non-hydrogen) atoms. The highest BCUT2D eigenvalue weighted by Gasteiger charge is 2.43. The number of carbonyl (C=O) groups excluding carboxylic acids is 1. The minimum absolute atomic E-state index is 0.131. The van der Waals surface area contributed by atoms with E-state index in [-0.39, 0.29) is 5.54 Å². The lowest BCUT2D eigenvalue weighted by Gasteiger charge is -2.35. The maximum absolute atomic E-state index is 11.9. The fourth-order valence-corrected chi connectivity index (χ4v) is 3.91.